The lowest BCUT2D eigenvalue weighted by molar-refractivity contribution is -0.132. The summed E-state index contributed by atoms with van der Waals surface area (Å²) in [6.07, 6.45) is 0. The Morgan fingerprint density at radius 3 is 2.31 bits per heavy atom. The molecule has 4 rings (SSSR count). The van der Waals surface area contributed by atoms with Crippen LogP contribution >= 0.6 is 0 Å². The smallest absolute Gasteiger partial charge is 0.300 e. The fraction of sp³-hybridized carbons (Fsp3) is 0.333. The van der Waals surface area contributed by atoms with E-state index in [1.807, 2.05) is 82.3 Å². The second-order valence-corrected chi connectivity index (χ2v) is 11.4. The molecule has 1 aliphatic rings. The van der Waals surface area contributed by atoms with Gasteiger partial charge in [0.15, 0.2) is 0 Å². The van der Waals surface area contributed by atoms with Gasteiger partial charge in [0.1, 0.15) is 17.3 Å². The molecule has 3 aromatic carbocycles. The molecule has 1 saturated heterocycles. The standard InChI is InChI=1S/C33H37NO5/c1-20(2)19-39-25-10-8-9-22(17-25)29-28(31(36)32(37)34(29)24-14-11-21(3)12-15-24)30(35)23-13-16-27(38-7)26(18-23)33(4,5)6/h8-18,20,29,35H,19H2,1-7H3/b30-28+. The number of hydrogen-bond donors (Lipinski definition) is 1. The van der Waals surface area contributed by atoms with E-state index in [0.29, 0.717) is 40.8 Å². The Bertz CT molecular complexity index is 1410. The summed E-state index contributed by atoms with van der Waals surface area (Å²) in [7, 11) is 1.60. The van der Waals surface area contributed by atoms with Gasteiger partial charge in [-0.2, -0.15) is 0 Å². The molecule has 0 bridgehead atoms. The van der Waals surface area contributed by atoms with Crippen LogP contribution in [0.4, 0.5) is 5.69 Å². The van der Waals surface area contributed by atoms with Gasteiger partial charge in [-0.1, -0.05) is 64.4 Å². The van der Waals surface area contributed by atoms with Crippen molar-refractivity contribution >= 4 is 23.1 Å². The molecule has 1 heterocycles. The Hall–Kier alpha value is -4.06. The normalized spacial score (nSPS) is 17.1. The highest BCUT2D eigenvalue weighted by Gasteiger charge is 2.47. The molecule has 204 valence electrons. The van der Waals surface area contributed by atoms with E-state index in [4.69, 9.17) is 9.47 Å². The molecule has 6 nitrogen and oxygen atoms in total. The van der Waals surface area contributed by atoms with Crippen molar-refractivity contribution in [1.29, 1.82) is 0 Å². The van der Waals surface area contributed by atoms with Crippen LogP contribution in [0.3, 0.4) is 0 Å². The van der Waals surface area contributed by atoms with Gasteiger partial charge in [0, 0.05) is 16.8 Å². The number of carbonyl (C=O) groups is 2. The monoisotopic (exact) mass is 527 g/mol. The van der Waals surface area contributed by atoms with E-state index in [1.165, 1.54) is 4.90 Å². The second-order valence-electron chi connectivity index (χ2n) is 11.4. The van der Waals surface area contributed by atoms with Crippen molar-refractivity contribution in [3.05, 3.63) is 94.6 Å². The maximum atomic E-state index is 13.6. The van der Waals surface area contributed by atoms with Gasteiger partial charge in [-0.25, -0.2) is 0 Å². The van der Waals surface area contributed by atoms with Gasteiger partial charge in [-0.15, -0.1) is 0 Å². The molecule has 1 unspecified atom stereocenters. The number of aliphatic hydroxyl groups is 1. The molecule has 1 amide bonds. The fourth-order valence-electron chi connectivity index (χ4n) is 4.75. The number of carbonyl (C=O) groups excluding carboxylic acids is 2. The van der Waals surface area contributed by atoms with Crippen molar-refractivity contribution in [3.8, 4) is 11.5 Å². The molecule has 39 heavy (non-hydrogen) atoms. The molecule has 0 saturated carbocycles. The third-order valence-electron chi connectivity index (χ3n) is 6.79. The molecule has 1 atom stereocenters. The van der Waals surface area contributed by atoms with Crippen molar-refractivity contribution in [2.75, 3.05) is 18.6 Å². The first-order valence-electron chi connectivity index (χ1n) is 13.2. The first-order chi connectivity index (χ1) is 18.4. The number of benzene rings is 3. The summed E-state index contributed by atoms with van der Waals surface area (Å²) in [4.78, 5) is 28.6. The second kappa shape index (κ2) is 11.0. The number of anilines is 1. The van der Waals surface area contributed by atoms with Crippen molar-refractivity contribution in [3.63, 3.8) is 0 Å². The molecule has 1 N–H and O–H groups in total. The lowest BCUT2D eigenvalue weighted by Crippen LogP contribution is -2.29. The fourth-order valence-corrected chi connectivity index (χ4v) is 4.75. The van der Waals surface area contributed by atoms with Gasteiger partial charge in [0.2, 0.25) is 0 Å². The van der Waals surface area contributed by atoms with E-state index in [2.05, 4.69) is 13.8 Å². The minimum Gasteiger partial charge on any atom is -0.507 e. The summed E-state index contributed by atoms with van der Waals surface area (Å²) >= 11 is 0. The van der Waals surface area contributed by atoms with Crippen LogP contribution in [0.1, 0.15) is 62.9 Å². The molecule has 0 radical (unpaired) electrons. The number of amides is 1. The number of aliphatic hydroxyl groups excluding tert-OH is 1. The first kappa shape index (κ1) is 28.0. The maximum absolute atomic E-state index is 13.6. The summed E-state index contributed by atoms with van der Waals surface area (Å²) in [5.74, 6) is -0.00224. The summed E-state index contributed by atoms with van der Waals surface area (Å²) in [6.45, 7) is 12.8. The van der Waals surface area contributed by atoms with E-state index in [0.717, 1.165) is 11.1 Å². The number of methoxy groups -OCH3 is 1. The van der Waals surface area contributed by atoms with E-state index in [1.54, 1.807) is 19.2 Å². The molecule has 0 aliphatic carbocycles. The third kappa shape index (κ3) is 5.70. The topological polar surface area (TPSA) is 76.1 Å². The molecular weight excluding hydrogens is 490 g/mol. The molecule has 0 spiro atoms. The van der Waals surface area contributed by atoms with E-state index < -0.39 is 17.7 Å². The van der Waals surface area contributed by atoms with Crippen LogP contribution in [0.2, 0.25) is 0 Å². The summed E-state index contributed by atoms with van der Waals surface area (Å²) in [5.41, 5.74) is 3.35. The summed E-state index contributed by atoms with van der Waals surface area (Å²) < 4.78 is 11.5. The number of aryl methyl sites for hydroxylation is 1. The van der Waals surface area contributed by atoms with Gasteiger partial charge in [0.05, 0.1) is 25.3 Å². The van der Waals surface area contributed by atoms with E-state index in [-0.39, 0.29) is 16.7 Å². The molecule has 3 aromatic rings. The zero-order chi connectivity index (χ0) is 28.5. The minimum atomic E-state index is -0.838. The quantitative estimate of drug-likeness (QED) is 0.204. The maximum Gasteiger partial charge on any atom is 0.300 e. The zero-order valence-electron chi connectivity index (χ0n) is 23.7. The van der Waals surface area contributed by atoms with Crippen LogP contribution in [-0.2, 0) is 15.0 Å². The molecular formula is C33H37NO5. The average Bonchev–Trinajstić information content (AvgIpc) is 3.17. The van der Waals surface area contributed by atoms with Crippen LogP contribution in [0.15, 0.2) is 72.3 Å². The molecule has 6 heteroatoms. The Morgan fingerprint density at radius 2 is 1.69 bits per heavy atom. The third-order valence-corrected chi connectivity index (χ3v) is 6.79. The number of ketones is 1. The van der Waals surface area contributed by atoms with Crippen LogP contribution in [-0.4, -0.2) is 30.5 Å². The van der Waals surface area contributed by atoms with E-state index >= 15 is 0 Å². The number of rotatable bonds is 7. The van der Waals surface area contributed by atoms with Gasteiger partial charge in [-0.3, -0.25) is 14.5 Å². The lowest BCUT2D eigenvalue weighted by Gasteiger charge is -2.26. The number of Topliss-reactive ketones (excluding diaryl/α,β-unsaturated/α-hetero) is 1. The van der Waals surface area contributed by atoms with Crippen molar-refractivity contribution in [1.82, 2.24) is 0 Å². The highest BCUT2D eigenvalue weighted by molar-refractivity contribution is 6.51. The SMILES string of the molecule is COc1ccc(/C(O)=C2\C(=O)C(=O)N(c3ccc(C)cc3)C2c2cccc(OCC(C)C)c2)cc1C(C)(C)C. The molecule has 0 aromatic heterocycles. The predicted molar refractivity (Wildman–Crippen MR) is 154 cm³/mol. The van der Waals surface area contributed by atoms with Crippen molar-refractivity contribution in [2.45, 2.75) is 53.0 Å². The van der Waals surface area contributed by atoms with Crippen molar-refractivity contribution < 1.29 is 24.2 Å². The zero-order valence-corrected chi connectivity index (χ0v) is 23.7. The van der Waals surface area contributed by atoms with Crippen molar-refractivity contribution in [2.24, 2.45) is 5.92 Å². The average molecular weight is 528 g/mol. The lowest BCUT2D eigenvalue weighted by atomic mass is 9.84. The Morgan fingerprint density at radius 1 is 1.00 bits per heavy atom. The number of hydrogen-bond acceptors (Lipinski definition) is 5. The van der Waals surface area contributed by atoms with Gasteiger partial charge < -0.3 is 14.6 Å². The number of ether oxygens (including phenoxy) is 2. The first-order valence-corrected chi connectivity index (χ1v) is 13.2. The Kier molecular flexibility index (Phi) is 7.86. The van der Waals surface area contributed by atoms with Crippen LogP contribution < -0.4 is 14.4 Å². The number of nitrogens with zero attached hydrogens (tertiary/aromatic N) is 1. The predicted octanol–water partition coefficient (Wildman–Crippen LogP) is 6.96. The van der Waals surface area contributed by atoms with Gasteiger partial charge >= 0.3 is 0 Å². The molecule has 1 fully saturated rings. The summed E-state index contributed by atoms with van der Waals surface area (Å²) in [6, 6.07) is 19.3. The Labute approximate surface area is 230 Å². The summed E-state index contributed by atoms with van der Waals surface area (Å²) in [5, 5.41) is 11.7. The van der Waals surface area contributed by atoms with Crippen LogP contribution in [0, 0.1) is 12.8 Å². The largest absolute Gasteiger partial charge is 0.507 e. The van der Waals surface area contributed by atoms with Crippen LogP contribution in [0.25, 0.3) is 5.76 Å². The highest BCUT2D eigenvalue weighted by Crippen LogP contribution is 2.43. The van der Waals surface area contributed by atoms with Gasteiger partial charge in [-0.05, 0) is 66.3 Å². The van der Waals surface area contributed by atoms with Gasteiger partial charge in [0.25, 0.3) is 11.7 Å². The van der Waals surface area contributed by atoms with Crippen LogP contribution in [0.5, 0.6) is 11.5 Å². The Balaban J connectivity index is 1.93. The minimum absolute atomic E-state index is 0.0339. The molecule has 1 aliphatic heterocycles. The van der Waals surface area contributed by atoms with E-state index in [9.17, 15) is 14.7 Å². The highest BCUT2D eigenvalue weighted by atomic mass is 16.5.